The van der Waals surface area contributed by atoms with E-state index in [1.165, 1.54) is 0 Å². The summed E-state index contributed by atoms with van der Waals surface area (Å²) in [6, 6.07) is 7.67. The quantitative estimate of drug-likeness (QED) is 0.882. The largest absolute Gasteiger partial charge is 0.486 e. The summed E-state index contributed by atoms with van der Waals surface area (Å²) in [4.78, 5) is 0. The minimum atomic E-state index is -0.572. The molecule has 1 fully saturated rings. The van der Waals surface area contributed by atoms with Gasteiger partial charge in [-0.15, -0.1) is 0 Å². The normalized spacial score (nSPS) is 20.9. The van der Waals surface area contributed by atoms with E-state index in [0.717, 1.165) is 18.4 Å². The van der Waals surface area contributed by atoms with Gasteiger partial charge >= 0.3 is 0 Å². The number of ether oxygens (including phenoxy) is 2. The Kier molecular flexibility index (Phi) is 2.85. The van der Waals surface area contributed by atoms with Gasteiger partial charge in [-0.05, 0) is 36.5 Å². The van der Waals surface area contributed by atoms with Crippen LogP contribution >= 0.6 is 0 Å². The number of nitriles is 1. The Morgan fingerprint density at radius 1 is 1.22 bits per heavy atom. The van der Waals surface area contributed by atoms with Crippen molar-refractivity contribution >= 4 is 0 Å². The Morgan fingerprint density at radius 2 is 1.94 bits per heavy atom. The average molecular weight is 245 g/mol. The van der Waals surface area contributed by atoms with Crippen molar-refractivity contribution in [2.24, 2.45) is 5.92 Å². The smallest absolute Gasteiger partial charge is 0.161 e. The summed E-state index contributed by atoms with van der Waals surface area (Å²) in [5.74, 6) is 1.18. The van der Waals surface area contributed by atoms with Crippen molar-refractivity contribution in [1.82, 2.24) is 0 Å². The van der Waals surface area contributed by atoms with E-state index < -0.39 is 12.0 Å². The molecule has 2 unspecified atom stereocenters. The first-order valence-corrected chi connectivity index (χ1v) is 6.27. The van der Waals surface area contributed by atoms with E-state index in [9.17, 15) is 10.4 Å². The Balaban J connectivity index is 1.88. The van der Waals surface area contributed by atoms with Gasteiger partial charge in [0.25, 0.3) is 0 Å². The average Bonchev–Trinajstić information content (AvgIpc) is 3.23. The maximum atomic E-state index is 10.1. The maximum absolute atomic E-state index is 10.1. The molecule has 0 aromatic heterocycles. The lowest BCUT2D eigenvalue weighted by Crippen LogP contribution is -2.20. The first-order chi connectivity index (χ1) is 8.79. The van der Waals surface area contributed by atoms with Crippen LogP contribution in [0.25, 0.3) is 0 Å². The molecular formula is C14H15NO3. The molecule has 1 heterocycles. The number of aliphatic hydroxyl groups excluding tert-OH is 1. The monoisotopic (exact) mass is 245 g/mol. The van der Waals surface area contributed by atoms with Crippen LogP contribution in [0, 0.1) is 17.2 Å². The molecule has 1 aliphatic carbocycles. The van der Waals surface area contributed by atoms with Crippen molar-refractivity contribution in [3.63, 3.8) is 0 Å². The van der Waals surface area contributed by atoms with Crippen LogP contribution in [-0.4, -0.2) is 24.4 Å². The zero-order valence-corrected chi connectivity index (χ0v) is 10.0. The van der Waals surface area contributed by atoms with E-state index in [0.29, 0.717) is 24.7 Å². The van der Waals surface area contributed by atoms with Crippen molar-refractivity contribution in [1.29, 1.82) is 5.26 Å². The summed E-state index contributed by atoms with van der Waals surface area (Å²) < 4.78 is 10.9. The standard InChI is InChI=1S/C14H15NO3/c15-8-11(14(16)9-1-2-9)10-3-4-12-13(7-10)18-6-5-17-12/h3-4,7,9,11,14,16H,1-2,5-6H2. The van der Waals surface area contributed by atoms with Crippen molar-refractivity contribution in [3.05, 3.63) is 23.8 Å². The second kappa shape index (κ2) is 4.51. The molecule has 4 nitrogen and oxygen atoms in total. The molecule has 94 valence electrons. The van der Waals surface area contributed by atoms with Crippen molar-refractivity contribution in [2.45, 2.75) is 24.9 Å². The Morgan fingerprint density at radius 3 is 2.61 bits per heavy atom. The van der Waals surface area contributed by atoms with Gasteiger partial charge in [0.1, 0.15) is 13.2 Å². The minimum Gasteiger partial charge on any atom is -0.486 e. The molecule has 1 aliphatic heterocycles. The fourth-order valence-corrected chi connectivity index (χ4v) is 2.31. The van der Waals surface area contributed by atoms with E-state index in [1.54, 1.807) is 0 Å². The van der Waals surface area contributed by atoms with Gasteiger partial charge in [-0.25, -0.2) is 0 Å². The molecule has 1 N–H and O–H groups in total. The molecule has 0 radical (unpaired) electrons. The van der Waals surface area contributed by atoms with Gasteiger partial charge in [-0.2, -0.15) is 5.26 Å². The van der Waals surface area contributed by atoms with Gasteiger partial charge in [-0.1, -0.05) is 6.07 Å². The summed E-state index contributed by atoms with van der Waals surface area (Å²) in [5.41, 5.74) is 0.807. The minimum absolute atomic E-state index is 0.280. The van der Waals surface area contributed by atoms with Gasteiger partial charge in [-0.3, -0.25) is 0 Å². The summed E-state index contributed by atoms with van der Waals surface area (Å²) >= 11 is 0. The predicted molar refractivity (Wildman–Crippen MR) is 64.5 cm³/mol. The molecule has 2 atom stereocenters. The zero-order valence-electron chi connectivity index (χ0n) is 10.0. The van der Waals surface area contributed by atoms with E-state index in [1.807, 2.05) is 18.2 Å². The molecular weight excluding hydrogens is 230 g/mol. The highest BCUT2D eigenvalue weighted by molar-refractivity contribution is 5.46. The number of hydrogen-bond donors (Lipinski definition) is 1. The fraction of sp³-hybridized carbons (Fsp3) is 0.500. The molecule has 1 aromatic carbocycles. The molecule has 2 aliphatic rings. The van der Waals surface area contributed by atoms with Crippen LogP contribution in [0.1, 0.15) is 24.3 Å². The molecule has 3 rings (SSSR count). The molecule has 1 aromatic rings. The number of hydrogen-bond acceptors (Lipinski definition) is 4. The summed E-state index contributed by atoms with van der Waals surface area (Å²) in [7, 11) is 0. The van der Waals surface area contributed by atoms with Gasteiger partial charge in [0, 0.05) is 0 Å². The summed E-state index contributed by atoms with van der Waals surface area (Å²) in [6.07, 6.45) is 1.46. The first-order valence-electron chi connectivity index (χ1n) is 6.27. The van der Waals surface area contributed by atoms with Crippen LogP contribution in [0.4, 0.5) is 0 Å². The Labute approximate surface area is 106 Å². The number of aliphatic hydroxyl groups is 1. The number of rotatable bonds is 3. The van der Waals surface area contributed by atoms with Gasteiger partial charge in [0.15, 0.2) is 11.5 Å². The SMILES string of the molecule is N#CC(c1ccc2c(c1)OCCO2)C(O)C1CC1. The Hall–Kier alpha value is -1.73. The van der Waals surface area contributed by atoms with Gasteiger partial charge in [0.2, 0.25) is 0 Å². The molecule has 0 spiro atoms. The number of fused-ring (bicyclic) bond motifs is 1. The third-order valence-corrected chi connectivity index (χ3v) is 3.51. The third kappa shape index (κ3) is 2.02. The van der Waals surface area contributed by atoms with Crippen LogP contribution in [0.3, 0.4) is 0 Å². The highest BCUT2D eigenvalue weighted by atomic mass is 16.6. The van der Waals surface area contributed by atoms with Crippen LogP contribution < -0.4 is 9.47 Å². The maximum Gasteiger partial charge on any atom is 0.161 e. The predicted octanol–water partition coefficient (Wildman–Crippen LogP) is 1.84. The molecule has 18 heavy (non-hydrogen) atoms. The van der Waals surface area contributed by atoms with Crippen molar-refractivity contribution in [2.75, 3.05) is 13.2 Å². The third-order valence-electron chi connectivity index (χ3n) is 3.51. The highest BCUT2D eigenvalue weighted by Crippen LogP contribution is 2.40. The van der Waals surface area contributed by atoms with Crippen LogP contribution in [0.5, 0.6) is 11.5 Å². The lowest BCUT2D eigenvalue weighted by atomic mass is 9.92. The molecule has 4 heteroatoms. The van der Waals surface area contributed by atoms with E-state index in [2.05, 4.69) is 6.07 Å². The topological polar surface area (TPSA) is 62.5 Å². The summed E-state index contributed by atoms with van der Waals surface area (Å²) in [5, 5.41) is 19.4. The summed E-state index contributed by atoms with van der Waals surface area (Å²) in [6.45, 7) is 1.08. The number of nitrogens with zero attached hydrogens (tertiary/aromatic N) is 1. The molecule has 0 bridgehead atoms. The molecule has 1 saturated carbocycles. The zero-order chi connectivity index (χ0) is 12.5. The van der Waals surface area contributed by atoms with Crippen LogP contribution in [-0.2, 0) is 0 Å². The van der Waals surface area contributed by atoms with E-state index in [4.69, 9.17) is 9.47 Å². The second-order valence-corrected chi connectivity index (χ2v) is 4.84. The lowest BCUT2D eigenvalue weighted by molar-refractivity contribution is 0.137. The number of benzene rings is 1. The van der Waals surface area contributed by atoms with Crippen LogP contribution in [0.15, 0.2) is 18.2 Å². The van der Waals surface area contributed by atoms with E-state index >= 15 is 0 Å². The molecule has 0 amide bonds. The lowest BCUT2D eigenvalue weighted by Gasteiger charge is -2.21. The van der Waals surface area contributed by atoms with Crippen molar-refractivity contribution in [3.8, 4) is 17.6 Å². The van der Waals surface area contributed by atoms with E-state index in [-0.39, 0.29) is 5.92 Å². The van der Waals surface area contributed by atoms with Crippen LogP contribution in [0.2, 0.25) is 0 Å². The fourth-order valence-electron chi connectivity index (χ4n) is 2.31. The second-order valence-electron chi connectivity index (χ2n) is 4.84. The van der Waals surface area contributed by atoms with Crippen molar-refractivity contribution < 1.29 is 14.6 Å². The highest BCUT2D eigenvalue weighted by Gasteiger charge is 2.36. The Bertz CT molecular complexity index is 490. The first kappa shape index (κ1) is 11.4. The van der Waals surface area contributed by atoms with Gasteiger partial charge < -0.3 is 14.6 Å². The van der Waals surface area contributed by atoms with Gasteiger partial charge in [0.05, 0.1) is 18.1 Å². The molecule has 0 saturated heterocycles.